The normalized spacial score (nSPS) is 19.8. The minimum Gasteiger partial charge on any atom is -0.315 e. The largest absolute Gasteiger partial charge is 0.315 e. The lowest BCUT2D eigenvalue weighted by Crippen LogP contribution is -2.58. The number of nitrogens with zero attached hydrogens (tertiary/aromatic N) is 1. The maximum atomic E-state index is 3.57. The Balaban J connectivity index is 2.07. The molecule has 1 fully saturated rings. The van der Waals surface area contributed by atoms with Gasteiger partial charge < -0.3 is 5.32 Å². The van der Waals surface area contributed by atoms with Gasteiger partial charge in [-0.2, -0.15) is 0 Å². The summed E-state index contributed by atoms with van der Waals surface area (Å²) in [6, 6.07) is 2.75. The minimum absolute atomic E-state index is 0.204. The molecule has 114 valence electrons. The predicted molar refractivity (Wildman–Crippen MR) is 92.7 cm³/mol. The number of nitrogens with one attached hydrogen (secondary N) is 1. The molecule has 1 aliphatic heterocycles. The summed E-state index contributed by atoms with van der Waals surface area (Å²) < 4.78 is 1.21. The molecule has 2 rings (SSSR count). The Morgan fingerprint density at radius 1 is 1.30 bits per heavy atom. The van der Waals surface area contributed by atoms with E-state index in [4.69, 9.17) is 0 Å². The molecule has 1 aromatic heterocycles. The maximum absolute atomic E-state index is 3.57. The van der Waals surface area contributed by atoms with Crippen LogP contribution >= 0.6 is 27.3 Å². The van der Waals surface area contributed by atoms with E-state index in [1.165, 1.54) is 48.1 Å². The number of halogens is 1. The summed E-state index contributed by atoms with van der Waals surface area (Å²) in [7, 11) is 2.10. The van der Waals surface area contributed by atoms with Gasteiger partial charge in [0.05, 0.1) is 0 Å². The molecule has 2 heterocycles. The predicted octanol–water partition coefficient (Wildman–Crippen LogP) is 4.30. The Kier molecular flexibility index (Phi) is 6.09. The van der Waals surface area contributed by atoms with Gasteiger partial charge in [0, 0.05) is 26.3 Å². The summed E-state index contributed by atoms with van der Waals surface area (Å²) in [5, 5.41) is 5.75. The van der Waals surface area contributed by atoms with E-state index in [0.29, 0.717) is 6.04 Å². The van der Waals surface area contributed by atoms with E-state index >= 15 is 0 Å². The molecule has 20 heavy (non-hydrogen) atoms. The Morgan fingerprint density at radius 2 is 1.95 bits per heavy atom. The first-order chi connectivity index (χ1) is 9.54. The van der Waals surface area contributed by atoms with Gasteiger partial charge >= 0.3 is 0 Å². The van der Waals surface area contributed by atoms with Gasteiger partial charge in [-0.25, -0.2) is 0 Å². The lowest BCUT2D eigenvalue weighted by atomic mass is 9.89. The van der Waals surface area contributed by atoms with E-state index in [2.05, 4.69) is 58.5 Å². The highest BCUT2D eigenvalue weighted by molar-refractivity contribution is 9.10. The number of rotatable bonds is 5. The van der Waals surface area contributed by atoms with Crippen molar-refractivity contribution in [2.45, 2.75) is 57.5 Å². The first-order valence-corrected chi connectivity index (χ1v) is 9.36. The highest BCUT2D eigenvalue weighted by atomic mass is 79.9. The second-order valence-corrected chi connectivity index (χ2v) is 8.24. The molecule has 0 amide bonds. The Bertz CT molecular complexity index is 408. The van der Waals surface area contributed by atoms with Crippen molar-refractivity contribution in [1.82, 2.24) is 10.2 Å². The first-order valence-electron chi connectivity index (χ1n) is 7.69. The number of likely N-dealkylation sites (tertiary alicyclic amines) is 1. The van der Waals surface area contributed by atoms with Gasteiger partial charge in [-0.15, -0.1) is 11.3 Å². The molecule has 1 aliphatic rings. The van der Waals surface area contributed by atoms with E-state index in [1.54, 1.807) is 0 Å². The van der Waals surface area contributed by atoms with Crippen LogP contribution in [-0.4, -0.2) is 36.6 Å². The van der Waals surface area contributed by atoms with Gasteiger partial charge in [-0.05, 0) is 75.2 Å². The molecule has 1 atom stereocenters. The summed E-state index contributed by atoms with van der Waals surface area (Å²) in [6.45, 7) is 7.31. The highest BCUT2D eigenvalue weighted by Crippen LogP contribution is 2.28. The Hall–Kier alpha value is 0.1000. The molecule has 0 aliphatic carbocycles. The maximum Gasteiger partial charge on any atom is 0.0309 e. The summed E-state index contributed by atoms with van der Waals surface area (Å²) in [5.41, 5.74) is 0.204. The van der Waals surface area contributed by atoms with E-state index in [0.717, 1.165) is 6.42 Å². The Labute approximate surface area is 136 Å². The monoisotopic (exact) mass is 358 g/mol. The van der Waals surface area contributed by atoms with Gasteiger partial charge in [0.15, 0.2) is 0 Å². The van der Waals surface area contributed by atoms with Gasteiger partial charge in [0.2, 0.25) is 0 Å². The minimum atomic E-state index is 0.204. The molecule has 0 bridgehead atoms. The van der Waals surface area contributed by atoms with Crippen molar-refractivity contribution in [3.63, 3.8) is 0 Å². The van der Waals surface area contributed by atoms with Crippen molar-refractivity contribution in [3.8, 4) is 0 Å². The van der Waals surface area contributed by atoms with Gasteiger partial charge in [-0.1, -0.05) is 12.8 Å². The molecule has 0 saturated carbocycles. The number of hydrogen-bond acceptors (Lipinski definition) is 3. The van der Waals surface area contributed by atoms with Gasteiger partial charge in [0.25, 0.3) is 0 Å². The summed E-state index contributed by atoms with van der Waals surface area (Å²) >= 11 is 5.42. The molecule has 0 spiro atoms. The zero-order valence-electron chi connectivity index (χ0n) is 12.9. The molecular weight excluding hydrogens is 332 g/mol. The fourth-order valence-corrected chi connectivity index (χ4v) is 4.73. The standard InChI is InChI=1S/C16H27BrN2S/c1-16(2,19-8-6-4-5-7-9-19)15(18-3)11-14-10-13(17)12-20-14/h10,12,15,18H,4-9,11H2,1-3H3. The van der Waals surface area contributed by atoms with Crippen LogP contribution in [0.2, 0.25) is 0 Å². The van der Waals surface area contributed by atoms with Crippen molar-refractivity contribution in [2.75, 3.05) is 20.1 Å². The van der Waals surface area contributed by atoms with Crippen LogP contribution in [0.4, 0.5) is 0 Å². The van der Waals surface area contributed by atoms with Crippen LogP contribution in [0.5, 0.6) is 0 Å². The zero-order valence-corrected chi connectivity index (χ0v) is 15.3. The fraction of sp³-hybridized carbons (Fsp3) is 0.750. The average Bonchev–Trinajstić information content (AvgIpc) is 2.68. The van der Waals surface area contributed by atoms with Crippen molar-refractivity contribution in [1.29, 1.82) is 0 Å². The molecule has 1 N–H and O–H groups in total. The van der Waals surface area contributed by atoms with Gasteiger partial charge in [-0.3, -0.25) is 4.90 Å². The SMILES string of the molecule is CNC(Cc1cc(Br)cs1)C(C)(C)N1CCCCCC1. The quantitative estimate of drug-likeness (QED) is 0.843. The fourth-order valence-electron chi connectivity index (χ4n) is 3.23. The van der Waals surface area contributed by atoms with Crippen molar-refractivity contribution < 1.29 is 0 Å². The number of likely N-dealkylation sites (N-methyl/N-ethyl adjacent to an activating group) is 1. The van der Waals surface area contributed by atoms with E-state index in [9.17, 15) is 0 Å². The van der Waals surface area contributed by atoms with Crippen LogP contribution in [0.25, 0.3) is 0 Å². The van der Waals surface area contributed by atoms with Crippen molar-refractivity contribution in [3.05, 3.63) is 20.8 Å². The summed E-state index contributed by atoms with van der Waals surface area (Å²) in [5.74, 6) is 0. The number of hydrogen-bond donors (Lipinski definition) is 1. The van der Waals surface area contributed by atoms with Crippen LogP contribution in [0.3, 0.4) is 0 Å². The van der Waals surface area contributed by atoms with E-state index in [1.807, 2.05) is 11.3 Å². The van der Waals surface area contributed by atoms with Crippen LogP contribution in [0.1, 0.15) is 44.4 Å². The molecule has 0 aromatic carbocycles. The van der Waals surface area contributed by atoms with Crippen LogP contribution in [-0.2, 0) is 6.42 Å². The van der Waals surface area contributed by atoms with E-state index < -0.39 is 0 Å². The zero-order chi connectivity index (χ0) is 14.6. The van der Waals surface area contributed by atoms with E-state index in [-0.39, 0.29) is 5.54 Å². The molecule has 1 unspecified atom stereocenters. The summed E-state index contributed by atoms with van der Waals surface area (Å²) in [6.07, 6.45) is 6.61. The van der Waals surface area contributed by atoms with Crippen molar-refractivity contribution >= 4 is 27.3 Å². The third kappa shape index (κ3) is 4.06. The molecule has 0 radical (unpaired) electrons. The highest BCUT2D eigenvalue weighted by Gasteiger charge is 2.34. The van der Waals surface area contributed by atoms with Crippen LogP contribution in [0, 0.1) is 0 Å². The number of thiophene rings is 1. The average molecular weight is 359 g/mol. The molecule has 4 heteroatoms. The second kappa shape index (κ2) is 7.39. The van der Waals surface area contributed by atoms with Crippen LogP contribution < -0.4 is 5.32 Å². The third-order valence-electron chi connectivity index (χ3n) is 4.65. The van der Waals surface area contributed by atoms with Crippen molar-refractivity contribution in [2.24, 2.45) is 0 Å². The smallest absolute Gasteiger partial charge is 0.0309 e. The lowest BCUT2D eigenvalue weighted by molar-refractivity contribution is 0.0867. The molecule has 1 saturated heterocycles. The first kappa shape index (κ1) is 16.5. The lowest BCUT2D eigenvalue weighted by Gasteiger charge is -2.44. The Morgan fingerprint density at radius 3 is 2.45 bits per heavy atom. The second-order valence-electron chi connectivity index (χ2n) is 6.33. The molecular formula is C16H27BrN2S. The van der Waals surface area contributed by atoms with Crippen LogP contribution in [0.15, 0.2) is 15.9 Å². The van der Waals surface area contributed by atoms with Gasteiger partial charge in [0.1, 0.15) is 0 Å². The topological polar surface area (TPSA) is 15.3 Å². The molecule has 2 nitrogen and oxygen atoms in total. The third-order valence-corrected chi connectivity index (χ3v) is 6.37. The summed E-state index contributed by atoms with van der Waals surface area (Å²) in [4.78, 5) is 4.16. The molecule has 1 aromatic rings.